The molecule has 10 heteroatoms. The van der Waals surface area contributed by atoms with E-state index >= 15 is 0 Å². The van der Waals surface area contributed by atoms with E-state index in [1.165, 1.54) is 25.6 Å². The van der Waals surface area contributed by atoms with E-state index in [0.29, 0.717) is 34.0 Å². The summed E-state index contributed by atoms with van der Waals surface area (Å²) in [6, 6.07) is 4.47. The van der Waals surface area contributed by atoms with Crippen molar-refractivity contribution < 1.29 is 27.5 Å². The molecule has 1 atom stereocenters. The number of ether oxygens (including phenoxy) is 2. The largest absolute Gasteiger partial charge is 0.493 e. The zero-order valence-electron chi connectivity index (χ0n) is 18.0. The minimum atomic E-state index is -3.11. The topological polar surface area (TPSA) is 111 Å². The van der Waals surface area contributed by atoms with Crippen molar-refractivity contribution in [3.05, 3.63) is 39.8 Å². The molecule has 0 saturated carbocycles. The van der Waals surface area contributed by atoms with Gasteiger partial charge in [0.05, 0.1) is 31.3 Å². The van der Waals surface area contributed by atoms with Crippen molar-refractivity contribution >= 4 is 38.0 Å². The lowest BCUT2D eigenvalue weighted by Gasteiger charge is -2.15. The summed E-state index contributed by atoms with van der Waals surface area (Å²) in [7, 11) is -0.0882. The average molecular weight is 479 g/mol. The zero-order chi connectivity index (χ0) is 22.9. The lowest BCUT2D eigenvalue weighted by Crippen LogP contribution is -2.36. The number of benzene rings is 1. The third-order valence-electron chi connectivity index (χ3n) is 5.84. The molecule has 2 amide bonds. The quantitative estimate of drug-likeness (QED) is 0.661. The van der Waals surface area contributed by atoms with Crippen LogP contribution in [0.2, 0.25) is 0 Å². The van der Waals surface area contributed by atoms with Crippen molar-refractivity contribution in [3.8, 4) is 11.5 Å². The molecule has 172 valence electrons. The molecule has 1 aliphatic heterocycles. The number of carbonyl (C=O) groups excluding carboxylic acids is 2. The van der Waals surface area contributed by atoms with Crippen molar-refractivity contribution in [2.75, 3.05) is 31.0 Å². The van der Waals surface area contributed by atoms with Gasteiger partial charge in [-0.15, -0.1) is 11.3 Å². The number of hydrogen-bond acceptors (Lipinski definition) is 7. The van der Waals surface area contributed by atoms with Crippen LogP contribution in [0.3, 0.4) is 0 Å². The van der Waals surface area contributed by atoms with Gasteiger partial charge in [0.2, 0.25) is 0 Å². The van der Waals surface area contributed by atoms with Crippen LogP contribution in [0.25, 0.3) is 0 Å². The van der Waals surface area contributed by atoms with Gasteiger partial charge in [-0.1, -0.05) is 0 Å². The number of sulfone groups is 1. The molecular weight excluding hydrogens is 452 g/mol. The van der Waals surface area contributed by atoms with Gasteiger partial charge in [0, 0.05) is 16.5 Å². The van der Waals surface area contributed by atoms with Crippen LogP contribution in [0.5, 0.6) is 11.5 Å². The number of methoxy groups -OCH3 is 2. The fourth-order valence-electron chi connectivity index (χ4n) is 4.21. The third kappa shape index (κ3) is 4.61. The number of carbonyl (C=O) groups is 2. The second-order valence-electron chi connectivity index (χ2n) is 8.01. The number of aryl methyl sites for hydroxylation is 1. The highest BCUT2D eigenvalue weighted by Gasteiger charge is 2.32. The van der Waals surface area contributed by atoms with E-state index in [1.54, 1.807) is 18.2 Å². The summed E-state index contributed by atoms with van der Waals surface area (Å²) in [5.74, 6) is 0.311. The van der Waals surface area contributed by atoms with Crippen molar-refractivity contribution in [2.45, 2.75) is 38.1 Å². The van der Waals surface area contributed by atoms with Crippen LogP contribution in [0.15, 0.2) is 18.2 Å². The van der Waals surface area contributed by atoms with Crippen LogP contribution in [-0.4, -0.2) is 52.0 Å². The number of rotatable bonds is 6. The molecule has 1 aromatic heterocycles. The van der Waals surface area contributed by atoms with E-state index in [0.717, 1.165) is 36.1 Å². The van der Waals surface area contributed by atoms with Crippen molar-refractivity contribution in [1.29, 1.82) is 0 Å². The van der Waals surface area contributed by atoms with Crippen LogP contribution in [0.4, 0.5) is 5.00 Å². The lowest BCUT2D eigenvalue weighted by atomic mass is 9.95. The number of anilines is 1. The summed E-state index contributed by atoms with van der Waals surface area (Å²) in [6.45, 7) is 0. The Kier molecular flexibility index (Phi) is 6.43. The Morgan fingerprint density at radius 1 is 1.06 bits per heavy atom. The molecule has 0 bridgehead atoms. The maximum absolute atomic E-state index is 13.2. The van der Waals surface area contributed by atoms with Crippen molar-refractivity contribution in [1.82, 2.24) is 5.32 Å². The Balaban J connectivity index is 1.60. The number of hydrogen-bond donors (Lipinski definition) is 2. The second-order valence-corrected chi connectivity index (χ2v) is 11.3. The molecule has 0 spiro atoms. The number of thiophene rings is 1. The van der Waals surface area contributed by atoms with Gasteiger partial charge < -0.3 is 20.1 Å². The summed E-state index contributed by atoms with van der Waals surface area (Å²) in [6.07, 6.45) is 4.06. The van der Waals surface area contributed by atoms with Gasteiger partial charge in [-0.25, -0.2) is 8.42 Å². The highest BCUT2D eigenvalue weighted by atomic mass is 32.2. The summed E-state index contributed by atoms with van der Waals surface area (Å²) in [4.78, 5) is 27.3. The van der Waals surface area contributed by atoms with E-state index in [-0.39, 0.29) is 23.3 Å². The number of amides is 2. The highest BCUT2D eigenvalue weighted by molar-refractivity contribution is 7.91. The van der Waals surface area contributed by atoms with Crippen LogP contribution in [-0.2, 0) is 22.7 Å². The predicted octanol–water partition coefficient (Wildman–Crippen LogP) is 2.81. The Morgan fingerprint density at radius 3 is 2.50 bits per heavy atom. The molecule has 0 radical (unpaired) electrons. The Bertz CT molecular complexity index is 1160. The second kappa shape index (κ2) is 9.11. The maximum atomic E-state index is 13.2. The van der Waals surface area contributed by atoms with Gasteiger partial charge in [-0.3, -0.25) is 9.59 Å². The monoisotopic (exact) mass is 478 g/mol. The molecule has 8 nitrogen and oxygen atoms in total. The smallest absolute Gasteiger partial charge is 0.256 e. The molecule has 0 unspecified atom stereocenters. The van der Waals surface area contributed by atoms with Crippen molar-refractivity contribution in [3.63, 3.8) is 0 Å². The van der Waals surface area contributed by atoms with E-state index in [4.69, 9.17) is 9.47 Å². The average Bonchev–Trinajstić information content (AvgIpc) is 3.31. The first kappa shape index (κ1) is 22.6. The molecule has 1 aromatic carbocycles. The summed E-state index contributed by atoms with van der Waals surface area (Å²) in [5.41, 5.74) is 1.80. The first-order chi connectivity index (χ1) is 15.3. The van der Waals surface area contributed by atoms with E-state index in [2.05, 4.69) is 10.6 Å². The van der Waals surface area contributed by atoms with Gasteiger partial charge in [0.25, 0.3) is 11.8 Å². The lowest BCUT2D eigenvalue weighted by molar-refractivity contribution is 0.0941. The fourth-order valence-corrected chi connectivity index (χ4v) is 7.17. The summed E-state index contributed by atoms with van der Waals surface area (Å²) in [5, 5.41) is 6.27. The van der Waals surface area contributed by atoms with Crippen LogP contribution < -0.4 is 20.1 Å². The van der Waals surface area contributed by atoms with Crippen molar-refractivity contribution in [2.24, 2.45) is 0 Å². The molecular formula is C22H26N2O6S2. The van der Waals surface area contributed by atoms with E-state index in [9.17, 15) is 18.0 Å². The number of nitrogens with one attached hydrogen (secondary N) is 2. The molecule has 1 saturated heterocycles. The molecule has 1 fully saturated rings. The van der Waals surface area contributed by atoms with Gasteiger partial charge in [0.15, 0.2) is 21.3 Å². The molecule has 2 N–H and O–H groups in total. The molecule has 4 rings (SSSR count). The Morgan fingerprint density at radius 2 is 1.81 bits per heavy atom. The number of fused-ring (bicyclic) bond motifs is 1. The molecule has 2 heterocycles. The van der Waals surface area contributed by atoms with E-state index < -0.39 is 15.9 Å². The van der Waals surface area contributed by atoms with Crippen LogP contribution in [0.1, 0.15) is 50.4 Å². The summed E-state index contributed by atoms with van der Waals surface area (Å²) >= 11 is 1.42. The minimum Gasteiger partial charge on any atom is -0.493 e. The molecule has 2 aliphatic rings. The Hall–Kier alpha value is -2.59. The fraction of sp³-hybridized carbons (Fsp3) is 0.455. The van der Waals surface area contributed by atoms with Crippen LogP contribution >= 0.6 is 11.3 Å². The molecule has 32 heavy (non-hydrogen) atoms. The van der Waals surface area contributed by atoms with Gasteiger partial charge >= 0.3 is 0 Å². The zero-order valence-corrected chi connectivity index (χ0v) is 19.7. The summed E-state index contributed by atoms with van der Waals surface area (Å²) < 4.78 is 34.1. The normalized spacial score (nSPS) is 19.1. The first-order valence-electron chi connectivity index (χ1n) is 10.5. The van der Waals surface area contributed by atoms with Gasteiger partial charge in [-0.05, 0) is 55.9 Å². The Labute approximate surface area is 191 Å². The predicted molar refractivity (Wildman–Crippen MR) is 123 cm³/mol. The minimum absolute atomic E-state index is 0.0433. The van der Waals surface area contributed by atoms with E-state index in [1.807, 2.05) is 0 Å². The van der Waals surface area contributed by atoms with Crippen LogP contribution in [0, 0.1) is 0 Å². The van der Waals surface area contributed by atoms with Gasteiger partial charge in [-0.2, -0.15) is 0 Å². The maximum Gasteiger partial charge on any atom is 0.256 e. The standard InChI is InChI=1S/C22H26N2O6S2/c1-29-16-8-7-13(11-17(16)30-2)20(25)24-22-19(15-5-3-4-6-18(15)31-22)21(26)23-14-9-10-32(27,28)12-14/h7-8,11,14H,3-6,9-10,12H2,1-2H3,(H,23,26)(H,24,25)/t14-/m0/s1. The highest BCUT2D eigenvalue weighted by Crippen LogP contribution is 2.39. The first-order valence-corrected chi connectivity index (χ1v) is 13.1. The SMILES string of the molecule is COc1ccc(C(=O)Nc2sc3c(c2C(=O)N[C@H]2CCS(=O)(=O)C2)CCCC3)cc1OC. The van der Waals surface area contributed by atoms with Gasteiger partial charge in [0.1, 0.15) is 5.00 Å². The molecule has 2 aromatic rings. The third-order valence-corrected chi connectivity index (χ3v) is 8.81. The molecule has 1 aliphatic carbocycles.